The zero-order chi connectivity index (χ0) is 19.8. The summed E-state index contributed by atoms with van der Waals surface area (Å²) in [6, 6.07) is 4.58. The molecule has 0 amide bonds. The predicted molar refractivity (Wildman–Crippen MR) is 104 cm³/mol. The third-order valence-corrected chi connectivity index (χ3v) is 5.38. The molecule has 146 valence electrons. The number of Topliss-reactive ketones (excluding diaryl/α,β-unsaturated/α-hetero) is 1. The Hall–Kier alpha value is -2.21. The molecule has 2 rings (SSSR count). The lowest BCUT2D eigenvalue weighted by Crippen LogP contribution is -2.13. The number of rotatable bonds is 10. The van der Waals surface area contributed by atoms with Crippen LogP contribution in [-0.2, 0) is 9.59 Å². The van der Waals surface area contributed by atoms with Crippen LogP contribution in [0.15, 0.2) is 24.3 Å². The van der Waals surface area contributed by atoms with Gasteiger partial charge in [-0.2, -0.15) is 0 Å². The molecular weight excluding hydrogens is 370 g/mol. The Morgan fingerprint density at radius 1 is 1.30 bits per heavy atom. The maximum absolute atomic E-state index is 12.2. The molecule has 7 heteroatoms. The average molecular weight is 394 g/mol. The van der Waals surface area contributed by atoms with Crippen molar-refractivity contribution in [2.75, 3.05) is 0 Å². The first-order valence-electron chi connectivity index (χ1n) is 9.25. The van der Waals surface area contributed by atoms with Crippen molar-refractivity contribution in [1.82, 2.24) is 0 Å². The van der Waals surface area contributed by atoms with Gasteiger partial charge in [-0.15, -0.1) is 0 Å². The van der Waals surface area contributed by atoms with Gasteiger partial charge < -0.3 is 5.11 Å². The fraction of sp³-hybridized carbons (Fsp3) is 0.500. The molecule has 0 heterocycles. The van der Waals surface area contributed by atoms with E-state index in [9.17, 15) is 19.7 Å². The van der Waals surface area contributed by atoms with Crippen LogP contribution >= 0.6 is 11.6 Å². The van der Waals surface area contributed by atoms with Gasteiger partial charge in [0.05, 0.1) is 15.5 Å². The molecular formula is C20H24ClNO5. The summed E-state index contributed by atoms with van der Waals surface area (Å²) in [7, 11) is 0. The van der Waals surface area contributed by atoms with Gasteiger partial charge in [-0.3, -0.25) is 19.7 Å². The van der Waals surface area contributed by atoms with Crippen LogP contribution < -0.4 is 0 Å². The largest absolute Gasteiger partial charge is 0.481 e. The van der Waals surface area contributed by atoms with Crippen molar-refractivity contribution < 1.29 is 19.6 Å². The minimum Gasteiger partial charge on any atom is -0.481 e. The number of nitro benzene ring substituents is 1. The third-order valence-electron chi connectivity index (χ3n) is 5.05. The molecule has 1 saturated carbocycles. The van der Waals surface area contributed by atoms with E-state index in [0.717, 1.165) is 32.1 Å². The number of hydrogen-bond donors (Lipinski definition) is 1. The van der Waals surface area contributed by atoms with E-state index in [1.807, 2.05) is 6.08 Å². The fourth-order valence-corrected chi connectivity index (χ4v) is 3.84. The first kappa shape index (κ1) is 21.1. The summed E-state index contributed by atoms with van der Waals surface area (Å²) >= 11 is 6.11. The molecule has 0 radical (unpaired) electrons. The Bertz CT molecular complexity index is 731. The van der Waals surface area contributed by atoms with E-state index >= 15 is 0 Å². The number of ketones is 1. The standard InChI is InChI=1S/C20H24ClNO5/c21-17-7-5-8-18(22(26)27)16(17)12-10-14-11-13-19(23)15(14)6-3-1-2-4-9-20(24)25/h5,7-8,10,12,14-15H,1-4,6,9,11,13H2,(H,24,25). The Balaban J connectivity index is 1.95. The van der Waals surface area contributed by atoms with Crippen molar-refractivity contribution in [3.05, 3.63) is 45.0 Å². The number of carbonyl (C=O) groups excluding carboxylic acids is 1. The fourth-order valence-electron chi connectivity index (χ4n) is 3.60. The van der Waals surface area contributed by atoms with Crippen molar-refractivity contribution in [1.29, 1.82) is 0 Å². The van der Waals surface area contributed by atoms with E-state index in [0.29, 0.717) is 23.4 Å². The second-order valence-corrected chi connectivity index (χ2v) is 7.32. The lowest BCUT2D eigenvalue weighted by molar-refractivity contribution is -0.385. The monoisotopic (exact) mass is 393 g/mol. The van der Waals surface area contributed by atoms with E-state index < -0.39 is 10.9 Å². The molecule has 27 heavy (non-hydrogen) atoms. The SMILES string of the molecule is O=C(O)CCCCCCC1C(=O)CCC1C=Cc1c(Cl)cccc1[N+](=O)[O-]. The molecule has 0 aromatic heterocycles. The molecule has 0 saturated heterocycles. The number of nitro groups is 1. The highest BCUT2D eigenvalue weighted by Crippen LogP contribution is 2.35. The number of unbranched alkanes of at least 4 members (excludes halogenated alkanes) is 3. The lowest BCUT2D eigenvalue weighted by atomic mass is 9.89. The molecule has 1 N–H and O–H groups in total. The van der Waals surface area contributed by atoms with E-state index in [1.165, 1.54) is 6.07 Å². The van der Waals surface area contributed by atoms with Crippen molar-refractivity contribution >= 4 is 35.1 Å². The Labute approximate surface area is 163 Å². The van der Waals surface area contributed by atoms with E-state index in [1.54, 1.807) is 18.2 Å². The summed E-state index contributed by atoms with van der Waals surface area (Å²) in [5.41, 5.74) is 0.328. The van der Waals surface area contributed by atoms with Gasteiger partial charge >= 0.3 is 5.97 Å². The maximum Gasteiger partial charge on any atom is 0.303 e. The van der Waals surface area contributed by atoms with Crippen molar-refractivity contribution in [3.63, 3.8) is 0 Å². The average Bonchev–Trinajstić information content (AvgIpc) is 2.96. The Morgan fingerprint density at radius 2 is 2.04 bits per heavy atom. The van der Waals surface area contributed by atoms with Gasteiger partial charge in [0, 0.05) is 24.8 Å². The van der Waals surface area contributed by atoms with Crippen molar-refractivity contribution in [3.8, 4) is 0 Å². The molecule has 1 fully saturated rings. The van der Waals surface area contributed by atoms with Crippen molar-refractivity contribution in [2.24, 2.45) is 11.8 Å². The van der Waals surface area contributed by atoms with Crippen LogP contribution in [0.4, 0.5) is 5.69 Å². The van der Waals surface area contributed by atoms with Crippen molar-refractivity contribution in [2.45, 2.75) is 51.4 Å². The predicted octanol–water partition coefficient (Wildman–Crippen LogP) is 5.28. The molecule has 0 spiro atoms. The van der Waals surface area contributed by atoms with Crippen LogP contribution in [0.2, 0.25) is 5.02 Å². The number of allylic oxidation sites excluding steroid dienone is 1. The van der Waals surface area contributed by atoms with Gasteiger partial charge in [0.15, 0.2) is 0 Å². The van der Waals surface area contributed by atoms with Gasteiger partial charge in [-0.1, -0.05) is 49.1 Å². The Kier molecular flexibility index (Phi) is 7.98. The summed E-state index contributed by atoms with van der Waals surface area (Å²) in [5.74, 6) is -0.543. The molecule has 1 aromatic rings. The number of hydrogen-bond acceptors (Lipinski definition) is 4. The zero-order valence-electron chi connectivity index (χ0n) is 15.1. The van der Waals surface area contributed by atoms with Gasteiger partial charge in [0.25, 0.3) is 5.69 Å². The summed E-state index contributed by atoms with van der Waals surface area (Å²) in [6.45, 7) is 0. The van der Waals surface area contributed by atoms with Gasteiger partial charge in [0.1, 0.15) is 5.78 Å². The molecule has 1 aromatic carbocycles. The first-order chi connectivity index (χ1) is 12.9. The molecule has 0 aliphatic heterocycles. The number of nitrogens with zero attached hydrogens (tertiary/aromatic N) is 1. The topological polar surface area (TPSA) is 97.5 Å². The van der Waals surface area contributed by atoms with E-state index in [2.05, 4.69) is 0 Å². The number of halogens is 1. The number of benzene rings is 1. The summed E-state index contributed by atoms with van der Waals surface area (Å²) < 4.78 is 0. The number of aliphatic carboxylic acids is 1. The molecule has 1 aliphatic carbocycles. The van der Waals surface area contributed by atoms with Crippen LogP contribution in [0.5, 0.6) is 0 Å². The van der Waals surface area contributed by atoms with E-state index in [-0.39, 0.29) is 29.7 Å². The second-order valence-electron chi connectivity index (χ2n) is 6.91. The van der Waals surface area contributed by atoms with E-state index in [4.69, 9.17) is 16.7 Å². The highest BCUT2D eigenvalue weighted by atomic mass is 35.5. The number of carboxylic acid groups (broad SMARTS) is 1. The maximum atomic E-state index is 12.2. The number of carboxylic acids is 1. The van der Waals surface area contributed by atoms with Gasteiger partial charge in [0.2, 0.25) is 0 Å². The quantitative estimate of drug-likeness (QED) is 0.331. The van der Waals surface area contributed by atoms with Crippen LogP contribution in [0.25, 0.3) is 6.08 Å². The second kappa shape index (κ2) is 10.2. The van der Waals surface area contributed by atoms with Crippen LogP contribution in [0, 0.1) is 22.0 Å². The summed E-state index contributed by atoms with van der Waals surface area (Å²) in [4.78, 5) is 33.4. The minimum absolute atomic E-state index is 0.0435. The Morgan fingerprint density at radius 3 is 2.74 bits per heavy atom. The van der Waals surface area contributed by atoms with Gasteiger partial charge in [-0.25, -0.2) is 0 Å². The highest BCUT2D eigenvalue weighted by molar-refractivity contribution is 6.32. The van der Waals surface area contributed by atoms with Gasteiger partial charge in [-0.05, 0) is 31.2 Å². The normalized spacial score (nSPS) is 19.7. The van der Waals surface area contributed by atoms with Crippen LogP contribution in [0.3, 0.4) is 0 Å². The van der Waals surface area contributed by atoms with Crippen LogP contribution in [-0.4, -0.2) is 21.8 Å². The first-order valence-corrected chi connectivity index (χ1v) is 9.63. The number of carbonyl (C=O) groups is 2. The summed E-state index contributed by atoms with van der Waals surface area (Å²) in [5, 5.41) is 20.1. The minimum atomic E-state index is -0.778. The zero-order valence-corrected chi connectivity index (χ0v) is 15.9. The molecule has 2 atom stereocenters. The highest BCUT2D eigenvalue weighted by Gasteiger charge is 2.32. The molecule has 1 aliphatic rings. The lowest BCUT2D eigenvalue weighted by Gasteiger charge is -2.15. The van der Waals surface area contributed by atoms with Crippen LogP contribution in [0.1, 0.15) is 56.9 Å². The molecule has 0 bridgehead atoms. The molecule has 2 unspecified atom stereocenters. The smallest absolute Gasteiger partial charge is 0.303 e. The summed E-state index contributed by atoms with van der Waals surface area (Å²) in [6.07, 6.45) is 9.08. The third kappa shape index (κ3) is 6.17. The molecule has 6 nitrogen and oxygen atoms in total.